The Hall–Kier alpha value is -1.89. The third-order valence-corrected chi connectivity index (χ3v) is 3.23. The predicted molar refractivity (Wildman–Crippen MR) is 74.7 cm³/mol. The van der Waals surface area contributed by atoms with Crippen molar-refractivity contribution in [3.05, 3.63) is 18.0 Å². The summed E-state index contributed by atoms with van der Waals surface area (Å²) in [6, 6.07) is -0.785. The van der Waals surface area contributed by atoms with Crippen LogP contribution in [0.1, 0.15) is 37.2 Å². The monoisotopic (exact) mass is 282 g/mol. The first-order valence-corrected chi connectivity index (χ1v) is 6.77. The third-order valence-electron chi connectivity index (χ3n) is 3.23. The summed E-state index contributed by atoms with van der Waals surface area (Å²) in [5.74, 6) is -1.22. The van der Waals surface area contributed by atoms with Gasteiger partial charge >= 0.3 is 5.97 Å². The Balaban J connectivity index is 2.50. The van der Waals surface area contributed by atoms with E-state index in [0.717, 1.165) is 19.6 Å². The molecule has 0 saturated heterocycles. The summed E-state index contributed by atoms with van der Waals surface area (Å²) in [7, 11) is 0. The van der Waals surface area contributed by atoms with Crippen LogP contribution in [0.3, 0.4) is 0 Å². The molecule has 7 nitrogen and oxygen atoms in total. The molecule has 2 N–H and O–H groups in total. The fourth-order valence-corrected chi connectivity index (χ4v) is 1.75. The van der Waals surface area contributed by atoms with Crippen molar-refractivity contribution in [2.24, 2.45) is 0 Å². The van der Waals surface area contributed by atoms with Gasteiger partial charge in [0.05, 0.1) is 11.8 Å². The highest BCUT2D eigenvalue weighted by Crippen LogP contribution is 2.06. The summed E-state index contributed by atoms with van der Waals surface area (Å²) >= 11 is 0. The van der Waals surface area contributed by atoms with Crippen LogP contribution in [0.25, 0.3) is 0 Å². The number of carboxylic acids is 1. The topological polar surface area (TPSA) is 87.5 Å². The van der Waals surface area contributed by atoms with Crippen molar-refractivity contribution >= 4 is 11.9 Å². The zero-order chi connectivity index (χ0) is 15.1. The minimum absolute atomic E-state index is 0.235. The van der Waals surface area contributed by atoms with Gasteiger partial charge in [0, 0.05) is 19.3 Å². The number of carboxylic acid groups (broad SMARTS) is 1. The van der Waals surface area contributed by atoms with E-state index < -0.39 is 12.0 Å². The van der Waals surface area contributed by atoms with E-state index in [0.29, 0.717) is 12.1 Å². The number of rotatable bonds is 8. The molecule has 0 aliphatic carbocycles. The number of nitrogens with one attached hydrogen (secondary N) is 1. The minimum Gasteiger partial charge on any atom is -0.480 e. The second kappa shape index (κ2) is 7.64. The van der Waals surface area contributed by atoms with E-state index in [4.69, 9.17) is 5.11 Å². The lowest BCUT2D eigenvalue weighted by molar-refractivity contribution is -0.140. The van der Waals surface area contributed by atoms with Crippen LogP contribution in [0.15, 0.2) is 12.4 Å². The van der Waals surface area contributed by atoms with Crippen molar-refractivity contribution in [3.8, 4) is 0 Å². The van der Waals surface area contributed by atoms with Crippen LogP contribution in [0.5, 0.6) is 0 Å². The number of nitrogens with zero attached hydrogens (tertiary/aromatic N) is 3. The Morgan fingerprint density at radius 2 is 2.10 bits per heavy atom. The molecule has 0 bridgehead atoms. The molecule has 0 aliphatic rings. The first kappa shape index (κ1) is 16.2. The molecule has 0 aliphatic heterocycles. The standard InChI is InChI=1S/C13H22N4O3/c1-4-16(5-2)7-6-14-12(18)11-8-15-17(9-11)10(3)13(19)20/h8-10H,4-7H2,1-3H3,(H,14,18)(H,19,20). The maximum Gasteiger partial charge on any atom is 0.328 e. The molecule has 1 rings (SSSR count). The van der Waals surface area contributed by atoms with Crippen molar-refractivity contribution < 1.29 is 14.7 Å². The minimum atomic E-state index is -0.985. The van der Waals surface area contributed by atoms with Crippen molar-refractivity contribution in [1.82, 2.24) is 20.0 Å². The van der Waals surface area contributed by atoms with Gasteiger partial charge in [0.1, 0.15) is 6.04 Å². The van der Waals surface area contributed by atoms with Gasteiger partial charge in [0.2, 0.25) is 0 Å². The first-order chi connectivity index (χ1) is 9.49. The normalized spacial score (nSPS) is 12.4. The van der Waals surface area contributed by atoms with Crippen molar-refractivity contribution in [1.29, 1.82) is 0 Å². The zero-order valence-electron chi connectivity index (χ0n) is 12.2. The summed E-state index contributed by atoms with van der Waals surface area (Å²) in [5.41, 5.74) is 0.373. The lowest BCUT2D eigenvalue weighted by Gasteiger charge is -2.17. The highest BCUT2D eigenvalue weighted by Gasteiger charge is 2.16. The maximum atomic E-state index is 11.9. The molecule has 7 heteroatoms. The summed E-state index contributed by atoms with van der Waals surface area (Å²) in [4.78, 5) is 24.9. The van der Waals surface area contributed by atoms with E-state index in [1.54, 1.807) is 0 Å². The van der Waals surface area contributed by atoms with Crippen LogP contribution in [0.2, 0.25) is 0 Å². The number of aliphatic carboxylic acids is 1. The lowest BCUT2D eigenvalue weighted by atomic mass is 10.3. The van der Waals surface area contributed by atoms with Gasteiger partial charge in [0.15, 0.2) is 0 Å². The largest absolute Gasteiger partial charge is 0.480 e. The Bertz CT molecular complexity index is 454. The number of hydrogen-bond acceptors (Lipinski definition) is 4. The van der Waals surface area contributed by atoms with E-state index in [1.807, 2.05) is 0 Å². The molecule has 1 aromatic heterocycles. The molecule has 20 heavy (non-hydrogen) atoms. The van der Waals surface area contributed by atoms with E-state index in [2.05, 4.69) is 29.2 Å². The van der Waals surface area contributed by atoms with Gasteiger partial charge in [0.25, 0.3) is 5.91 Å². The average Bonchev–Trinajstić information content (AvgIpc) is 2.92. The van der Waals surface area contributed by atoms with Crippen LogP contribution in [-0.2, 0) is 4.79 Å². The van der Waals surface area contributed by atoms with Crippen molar-refractivity contribution in [3.63, 3.8) is 0 Å². The number of aromatic nitrogens is 2. The summed E-state index contributed by atoms with van der Waals surface area (Å²) < 4.78 is 1.27. The molecule has 0 fully saturated rings. The highest BCUT2D eigenvalue weighted by molar-refractivity contribution is 5.93. The molecule has 0 radical (unpaired) electrons. The van der Waals surface area contributed by atoms with E-state index >= 15 is 0 Å². The number of likely N-dealkylation sites (N-methyl/N-ethyl adjacent to an activating group) is 1. The quantitative estimate of drug-likeness (QED) is 0.729. The van der Waals surface area contributed by atoms with Gasteiger partial charge < -0.3 is 15.3 Å². The Labute approximate surface area is 118 Å². The van der Waals surface area contributed by atoms with Gasteiger partial charge in [-0.1, -0.05) is 13.8 Å². The fourth-order valence-electron chi connectivity index (χ4n) is 1.75. The van der Waals surface area contributed by atoms with Crippen LogP contribution >= 0.6 is 0 Å². The smallest absolute Gasteiger partial charge is 0.328 e. The van der Waals surface area contributed by atoms with Gasteiger partial charge in [-0.3, -0.25) is 9.48 Å². The van der Waals surface area contributed by atoms with Crippen molar-refractivity contribution in [2.45, 2.75) is 26.8 Å². The number of carbonyl (C=O) groups excluding carboxylic acids is 1. The average molecular weight is 282 g/mol. The molecule has 0 aromatic carbocycles. The molecule has 1 atom stereocenters. The number of hydrogen-bond donors (Lipinski definition) is 2. The molecule has 1 heterocycles. The van der Waals surface area contributed by atoms with Crippen LogP contribution in [-0.4, -0.2) is 57.8 Å². The molecular formula is C13H22N4O3. The molecular weight excluding hydrogens is 260 g/mol. The predicted octanol–water partition coefficient (Wildman–Crippen LogP) is 0.600. The van der Waals surface area contributed by atoms with Gasteiger partial charge in [-0.2, -0.15) is 5.10 Å². The van der Waals surface area contributed by atoms with E-state index in [-0.39, 0.29) is 5.91 Å². The van der Waals surface area contributed by atoms with Gasteiger partial charge in [-0.05, 0) is 20.0 Å². The molecule has 1 unspecified atom stereocenters. The van der Waals surface area contributed by atoms with E-state index in [1.165, 1.54) is 24.0 Å². The second-order valence-corrected chi connectivity index (χ2v) is 4.51. The second-order valence-electron chi connectivity index (χ2n) is 4.51. The fraction of sp³-hybridized carbons (Fsp3) is 0.615. The molecule has 1 aromatic rings. The molecule has 0 saturated carbocycles. The van der Waals surface area contributed by atoms with Crippen molar-refractivity contribution in [2.75, 3.05) is 26.2 Å². The summed E-state index contributed by atoms with van der Waals surface area (Å²) in [6.45, 7) is 8.89. The van der Waals surface area contributed by atoms with Crippen LogP contribution in [0.4, 0.5) is 0 Å². The van der Waals surface area contributed by atoms with Gasteiger partial charge in [-0.15, -0.1) is 0 Å². The Morgan fingerprint density at radius 3 is 2.65 bits per heavy atom. The number of amides is 1. The zero-order valence-corrected chi connectivity index (χ0v) is 12.2. The van der Waals surface area contributed by atoms with Gasteiger partial charge in [-0.25, -0.2) is 4.79 Å². The Kier molecular flexibility index (Phi) is 6.17. The summed E-state index contributed by atoms with van der Waals surface area (Å²) in [5, 5.41) is 15.6. The number of carbonyl (C=O) groups is 2. The third kappa shape index (κ3) is 4.34. The molecule has 0 spiro atoms. The molecule has 112 valence electrons. The molecule has 1 amide bonds. The maximum absolute atomic E-state index is 11.9. The lowest BCUT2D eigenvalue weighted by Crippen LogP contribution is -2.34. The highest BCUT2D eigenvalue weighted by atomic mass is 16.4. The van der Waals surface area contributed by atoms with E-state index in [9.17, 15) is 9.59 Å². The SMILES string of the molecule is CCN(CC)CCNC(=O)c1cnn(C(C)C(=O)O)c1. The van der Waals surface area contributed by atoms with Crippen LogP contribution < -0.4 is 5.32 Å². The summed E-state index contributed by atoms with van der Waals surface area (Å²) in [6.07, 6.45) is 2.83. The Morgan fingerprint density at radius 1 is 1.45 bits per heavy atom. The first-order valence-electron chi connectivity index (χ1n) is 6.77. The van der Waals surface area contributed by atoms with Crippen LogP contribution in [0, 0.1) is 0 Å².